The number of aromatic nitrogens is 2. The molecule has 2 amide bonds. The third kappa shape index (κ3) is 10.3. The summed E-state index contributed by atoms with van der Waals surface area (Å²) in [7, 11) is 1.99. The van der Waals surface area contributed by atoms with Crippen LogP contribution >= 0.6 is 0 Å². The summed E-state index contributed by atoms with van der Waals surface area (Å²) in [4.78, 5) is 51.5. The van der Waals surface area contributed by atoms with Gasteiger partial charge in [0.15, 0.2) is 6.61 Å². The molecule has 0 spiro atoms. The summed E-state index contributed by atoms with van der Waals surface area (Å²) in [6, 6.07) is 6.82. The number of nitrogens with one attached hydrogen (secondary N) is 3. The smallest absolute Gasteiger partial charge is 0.407 e. The highest BCUT2D eigenvalue weighted by molar-refractivity contribution is 6.13. The lowest BCUT2D eigenvalue weighted by Crippen LogP contribution is -2.43. The molecule has 1 aromatic heterocycles. The van der Waals surface area contributed by atoms with Crippen molar-refractivity contribution in [3.8, 4) is 5.75 Å². The molecular weight excluding hydrogens is 542 g/mol. The van der Waals surface area contributed by atoms with E-state index in [2.05, 4.69) is 35.8 Å². The van der Waals surface area contributed by atoms with E-state index in [4.69, 9.17) is 14.2 Å². The fourth-order valence-electron chi connectivity index (χ4n) is 4.23. The Balaban J connectivity index is 1.54. The van der Waals surface area contributed by atoms with Gasteiger partial charge in [-0.2, -0.15) is 0 Å². The molecule has 2 atom stereocenters. The largest absolute Gasteiger partial charge is 0.482 e. The van der Waals surface area contributed by atoms with Crippen molar-refractivity contribution >= 4 is 41.5 Å². The number of rotatable bonds is 14. The topological polar surface area (TPSA) is 156 Å². The number of carbonyl (C=O) groups is 3. The van der Waals surface area contributed by atoms with Gasteiger partial charge in [0, 0.05) is 31.4 Å². The van der Waals surface area contributed by atoms with Gasteiger partial charge in [-0.25, -0.2) is 19.6 Å². The second-order valence-electron chi connectivity index (χ2n) is 10.9. The number of esters is 1. The molecular formula is C29H41N7O6. The highest BCUT2D eigenvalue weighted by Gasteiger charge is 2.33. The maximum absolute atomic E-state index is 12.8. The van der Waals surface area contributed by atoms with Crippen LogP contribution in [0.5, 0.6) is 5.75 Å². The predicted octanol–water partition coefficient (Wildman–Crippen LogP) is 3.50. The van der Waals surface area contributed by atoms with Crippen molar-refractivity contribution in [2.24, 2.45) is 4.99 Å². The lowest BCUT2D eigenvalue weighted by atomic mass is 10.0. The lowest BCUT2D eigenvalue weighted by Gasteiger charge is -2.25. The Labute approximate surface area is 246 Å². The van der Waals surface area contributed by atoms with Crippen molar-refractivity contribution in [1.29, 1.82) is 0 Å². The summed E-state index contributed by atoms with van der Waals surface area (Å²) in [6.45, 7) is 11.3. The van der Waals surface area contributed by atoms with Crippen molar-refractivity contribution in [2.45, 2.75) is 58.6 Å². The molecule has 0 radical (unpaired) electrons. The molecule has 1 unspecified atom stereocenters. The first kappa shape index (κ1) is 32.3. The van der Waals surface area contributed by atoms with Gasteiger partial charge < -0.3 is 35.1 Å². The Bertz CT molecular complexity index is 1260. The van der Waals surface area contributed by atoms with Gasteiger partial charge in [0.05, 0.1) is 17.9 Å². The van der Waals surface area contributed by atoms with Gasteiger partial charge in [-0.15, -0.1) is 0 Å². The number of alkyl carbamates (subject to hydrolysis) is 1. The SMILES string of the molecule is CCOC(=O)COc1cccc(N=CC2C(=O)Nc3ncnc(NCCCN(C)C[C@H](C)NC(=O)OC(C)(C)C)c32)c1. The second-order valence-corrected chi connectivity index (χ2v) is 10.9. The maximum Gasteiger partial charge on any atom is 0.407 e. The molecule has 2 heterocycles. The Morgan fingerprint density at radius 1 is 1.26 bits per heavy atom. The monoisotopic (exact) mass is 583 g/mol. The van der Waals surface area contributed by atoms with Gasteiger partial charge in [0.1, 0.15) is 35.2 Å². The lowest BCUT2D eigenvalue weighted by molar-refractivity contribution is -0.145. The molecule has 0 fully saturated rings. The van der Waals surface area contributed by atoms with Gasteiger partial charge in [-0.3, -0.25) is 9.79 Å². The second kappa shape index (κ2) is 15.1. The Morgan fingerprint density at radius 2 is 2.05 bits per heavy atom. The summed E-state index contributed by atoms with van der Waals surface area (Å²) < 4.78 is 15.7. The molecule has 13 heteroatoms. The van der Waals surface area contributed by atoms with Crippen LogP contribution in [0.4, 0.5) is 22.1 Å². The van der Waals surface area contributed by atoms with E-state index >= 15 is 0 Å². The maximum atomic E-state index is 12.8. The van der Waals surface area contributed by atoms with E-state index in [-0.39, 0.29) is 25.2 Å². The Hall–Kier alpha value is -4.26. The van der Waals surface area contributed by atoms with E-state index in [0.29, 0.717) is 41.7 Å². The van der Waals surface area contributed by atoms with Gasteiger partial charge in [-0.05, 0) is 66.8 Å². The minimum atomic E-state index is -0.685. The molecule has 1 aliphatic heterocycles. The average molecular weight is 584 g/mol. The van der Waals surface area contributed by atoms with Crippen LogP contribution in [-0.4, -0.2) is 90.6 Å². The van der Waals surface area contributed by atoms with Gasteiger partial charge in [-0.1, -0.05) is 6.07 Å². The third-order valence-corrected chi connectivity index (χ3v) is 5.93. The number of ether oxygens (including phenoxy) is 3. The molecule has 2 aromatic rings. The van der Waals surface area contributed by atoms with Crippen LogP contribution in [0.25, 0.3) is 0 Å². The number of hydrogen-bond acceptors (Lipinski definition) is 11. The number of amides is 2. The number of fused-ring (bicyclic) bond motifs is 1. The van der Waals surface area contributed by atoms with Crippen LogP contribution in [-0.2, 0) is 19.1 Å². The van der Waals surface area contributed by atoms with Crippen LogP contribution in [0.2, 0.25) is 0 Å². The first-order valence-electron chi connectivity index (χ1n) is 14.0. The van der Waals surface area contributed by atoms with E-state index in [1.807, 2.05) is 34.7 Å². The summed E-state index contributed by atoms with van der Waals surface area (Å²) in [6.07, 6.45) is 3.32. The number of likely N-dealkylation sites (N-methyl/N-ethyl adjacent to an activating group) is 1. The molecule has 0 bridgehead atoms. The van der Waals surface area contributed by atoms with Crippen LogP contribution in [0, 0.1) is 0 Å². The summed E-state index contributed by atoms with van der Waals surface area (Å²) >= 11 is 0. The van der Waals surface area contributed by atoms with Gasteiger partial charge in [0.2, 0.25) is 5.91 Å². The summed E-state index contributed by atoms with van der Waals surface area (Å²) in [5.74, 6) is 0.0683. The van der Waals surface area contributed by atoms with Crippen molar-refractivity contribution in [2.75, 3.05) is 50.5 Å². The first-order chi connectivity index (χ1) is 19.9. The Morgan fingerprint density at radius 3 is 2.79 bits per heavy atom. The Kier molecular flexibility index (Phi) is 11.6. The van der Waals surface area contributed by atoms with E-state index in [1.54, 1.807) is 37.4 Å². The number of carbonyl (C=O) groups excluding carboxylic acids is 3. The van der Waals surface area contributed by atoms with Crippen LogP contribution in [0.15, 0.2) is 35.6 Å². The predicted molar refractivity (Wildman–Crippen MR) is 160 cm³/mol. The molecule has 228 valence electrons. The third-order valence-electron chi connectivity index (χ3n) is 5.93. The molecule has 3 N–H and O–H groups in total. The van der Waals surface area contributed by atoms with E-state index < -0.39 is 23.6 Å². The number of aliphatic imine (C=N–C) groups is 1. The average Bonchev–Trinajstić information content (AvgIpc) is 3.23. The zero-order valence-corrected chi connectivity index (χ0v) is 25.1. The van der Waals surface area contributed by atoms with Crippen molar-refractivity contribution in [1.82, 2.24) is 20.2 Å². The van der Waals surface area contributed by atoms with Gasteiger partial charge in [0.25, 0.3) is 0 Å². The number of anilines is 2. The summed E-state index contributed by atoms with van der Waals surface area (Å²) in [5.41, 5.74) is 0.645. The molecule has 0 saturated heterocycles. The fourth-order valence-corrected chi connectivity index (χ4v) is 4.23. The highest BCUT2D eigenvalue weighted by Crippen LogP contribution is 2.35. The van der Waals surface area contributed by atoms with E-state index in [0.717, 1.165) is 13.0 Å². The zero-order chi connectivity index (χ0) is 30.7. The molecule has 3 rings (SSSR count). The van der Waals surface area contributed by atoms with Crippen molar-refractivity contribution in [3.63, 3.8) is 0 Å². The number of nitrogens with zero attached hydrogens (tertiary/aromatic N) is 4. The molecule has 0 saturated carbocycles. The van der Waals surface area contributed by atoms with Crippen molar-refractivity contribution in [3.05, 3.63) is 36.2 Å². The van der Waals surface area contributed by atoms with Crippen LogP contribution in [0.3, 0.4) is 0 Å². The summed E-state index contributed by atoms with van der Waals surface area (Å²) in [5, 5.41) is 8.96. The standard InChI is InChI=1S/C29H41N7O6/c1-7-40-23(37)17-41-21-11-8-10-20(14-21)31-15-22-24-25(32-18-33-26(24)35-27(22)38)30-12-9-13-36(6)16-19(2)34-28(39)42-29(3,4)5/h8,10-11,14-15,18-19,22H,7,9,12-13,16-17H2,1-6H3,(H,34,39)(H2,30,32,33,35,38)/t19-,22?/m0/s1. The minimum Gasteiger partial charge on any atom is -0.482 e. The van der Waals surface area contributed by atoms with Crippen LogP contribution < -0.4 is 20.7 Å². The van der Waals surface area contributed by atoms with E-state index in [9.17, 15) is 14.4 Å². The zero-order valence-electron chi connectivity index (χ0n) is 25.1. The molecule has 0 aliphatic carbocycles. The quantitative estimate of drug-likeness (QED) is 0.171. The number of hydrogen-bond donors (Lipinski definition) is 3. The number of benzene rings is 1. The van der Waals surface area contributed by atoms with Crippen LogP contribution in [0.1, 0.15) is 52.5 Å². The normalized spacial score (nSPS) is 15.2. The first-order valence-corrected chi connectivity index (χ1v) is 14.0. The fraction of sp³-hybridized carbons (Fsp3) is 0.517. The van der Waals surface area contributed by atoms with E-state index in [1.165, 1.54) is 6.33 Å². The minimum absolute atomic E-state index is 0.0788. The molecule has 13 nitrogen and oxygen atoms in total. The molecule has 1 aromatic carbocycles. The van der Waals surface area contributed by atoms with Crippen molar-refractivity contribution < 1.29 is 28.6 Å². The highest BCUT2D eigenvalue weighted by atomic mass is 16.6. The van der Waals surface area contributed by atoms with Gasteiger partial charge >= 0.3 is 12.1 Å². The molecule has 1 aliphatic rings. The molecule has 42 heavy (non-hydrogen) atoms.